The number of nitrogens with zero attached hydrogens (tertiary/aromatic N) is 4. The Balaban J connectivity index is 1.21. The summed E-state index contributed by atoms with van der Waals surface area (Å²) >= 11 is 0. The molecule has 0 radical (unpaired) electrons. The Kier molecular flexibility index (Phi) is 8.25. The Hall–Kier alpha value is -5.21. The van der Waals surface area contributed by atoms with Crippen LogP contribution in [-0.4, -0.2) is 60.0 Å². The number of likely N-dealkylation sites (N-methyl/N-ethyl adjacent to an activating group) is 1. The van der Waals surface area contributed by atoms with Gasteiger partial charge in [-0.15, -0.1) is 0 Å². The number of carbonyl (C=O) groups is 2. The van der Waals surface area contributed by atoms with Gasteiger partial charge in [-0.1, -0.05) is 66.7 Å². The van der Waals surface area contributed by atoms with Gasteiger partial charge in [0.05, 0.1) is 11.4 Å². The number of fused-ring (bicyclic) bond motifs is 3. The molecule has 2 heterocycles. The second kappa shape index (κ2) is 12.6. The summed E-state index contributed by atoms with van der Waals surface area (Å²) in [6, 6.07) is 32.5. The van der Waals surface area contributed by atoms with E-state index < -0.39 is 0 Å². The average Bonchev–Trinajstić information content (AvgIpc) is 3.26. The Labute approximate surface area is 258 Å². The van der Waals surface area contributed by atoms with Gasteiger partial charge >= 0.3 is 0 Å². The average molecular weight is 585 g/mol. The molecular formula is C36H36N6O2. The summed E-state index contributed by atoms with van der Waals surface area (Å²) in [5, 5.41) is 6.45. The molecule has 1 aromatic heterocycles. The smallest absolute Gasteiger partial charge is 0.258 e. The van der Waals surface area contributed by atoms with Gasteiger partial charge in [0.1, 0.15) is 0 Å². The molecule has 0 unspecified atom stereocenters. The van der Waals surface area contributed by atoms with Crippen LogP contribution >= 0.6 is 0 Å². The van der Waals surface area contributed by atoms with E-state index in [-0.39, 0.29) is 11.8 Å². The molecule has 8 nitrogen and oxygen atoms in total. The molecule has 44 heavy (non-hydrogen) atoms. The third-order valence-electron chi connectivity index (χ3n) is 7.97. The van der Waals surface area contributed by atoms with Crippen LogP contribution in [0.1, 0.15) is 26.4 Å². The van der Waals surface area contributed by atoms with Crippen LogP contribution in [-0.2, 0) is 13.5 Å². The molecule has 4 aromatic carbocycles. The molecule has 1 aliphatic rings. The van der Waals surface area contributed by atoms with E-state index in [4.69, 9.17) is 4.98 Å². The van der Waals surface area contributed by atoms with Gasteiger partial charge in [0, 0.05) is 61.2 Å². The minimum absolute atomic E-state index is 0.0955. The molecule has 0 bridgehead atoms. The summed E-state index contributed by atoms with van der Waals surface area (Å²) in [5.74, 6) is 0.531. The summed E-state index contributed by atoms with van der Waals surface area (Å²) in [6.07, 6.45) is 0.670. The van der Waals surface area contributed by atoms with E-state index in [2.05, 4.69) is 20.1 Å². The number of anilines is 3. The monoisotopic (exact) mass is 584 g/mol. The van der Waals surface area contributed by atoms with Crippen molar-refractivity contribution in [1.82, 2.24) is 14.5 Å². The lowest BCUT2D eigenvalue weighted by atomic mass is 9.99. The largest absolute Gasteiger partial charge is 0.354 e. The highest BCUT2D eigenvalue weighted by molar-refractivity contribution is 6.10. The first-order valence-electron chi connectivity index (χ1n) is 14.8. The molecule has 0 spiro atoms. The van der Waals surface area contributed by atoms with E-state index in [0.29, 0.717) is 29.8 Å². The SMILES string of the molecule is CN(C)CCNc1nc2c(n1C)CCN(C(=O)c1ccc(NC(=O)c3ccccc3-c3ccccc3)cc1)c1ccccc1-2. The van der Waals surface area contributed by atoms with E-state index in [0.717, 1.165) is 52.8 Å². The fourth-order valence-electron chi connectivity index (χ4n) is 5.64. The summed E-state index contributed by atoms with van der Waals surface area (Å²) < 4.78 is 2.10. The van der Waals surface area contributed by atoms with Crippen LogP contribution in [0.2, 0.25) is 0 Å². The van der Waals surface area contributed by atoms with Crippen molar-refractivity contribution in [3.63, 3.8) is 0 Å². The number of benzene rings is 4. The first-order valence-corrected chi connectivity index (χ1v) is 14.8. The molecule has 0 atom stereocenters. The highest BCUT2D eigenvalue weighted by Crippen LogP contribution is 2.37. The Morgan fingerprint density at radius 3 is 2.27 bits per heavy atom. The first kappa shape index (κ1) is 28.9. The maximum atomic E-state index is 13.9. The lowest BCUT2D eigenvalue weighted by Gasteiger charge is -2.23. The van der Waals surface area contributed by atoms with Crippen LogP contribution in [0.4, 0.5) is 17.3 Å². The van der Waals surface area contributed by atoms with Crippen LogP contribution in [0.15, 0.2) is 103 Å². The molecule has 8 heteroatoms. The zero-order valence-electron chi connectivity index (χ0n) is 25.2. The number of aromatic nitrogens is 2. The van der Waals surface area contributed by atoms with Crippen molar-refractivity contribution < 1.29 is 9.59 Å². The highest BCUT2D eigenvalue weighted by atomic mass is 16.2. The topological polar surface area (TPSA) is 82.5 Å². The van der Waals surface area contributed by atoms with Crippen molar-refractivity contribution in [2.24, 2.45) is 7.05 Å². The number of para-hydroxylation sites is 1. The molecule has 1 aliphatic heterocycles. The molecule has 0 saturated carbocycles. The van der Waals surface area contributed by atoms with Crippen molar-refractivity contribution in [3.05, 3.63) is 120 Å². The molecular weight excluding hydrogens is 548 g/mol. The van der Waals surface area contributed by atoms with Crippen LogP contribution < -0.4 is 15.5 Å². The van der Waals surface area contributed by atoms with Crippen molar-refractivity contribution >= 4 is 29.1 Å². The van der Waals surface area contributed by atoms with Crippen LogP contribution in [0.3, 0.4) is 0 Å². The Morgan fingerprint density at radius 2 is 1.52 bits per heavy atom. The Morgan fingerprint density at radius 1 is 0.841 bits per heavy atom. The van der Waals surface area contributed by atoms with Crippen molar-refractivity contribution in [2.75, 3.05) is 49.3 Å². The predicted octanol–water partition coefficient (Wildman–Crippen LogP) is 6.18. The summed E-state index contributed by atoms with van der Waals surface area (Å²) in [4.78, 5) is 36.1. The molecule has 0 saturated heterocycles. The number of hydrogen-bond acceptors (Lipinski definition) is 5. The van der Waals surface area contributed by atoms with E-state index in [9.17, 15) is 9.59 Å². The van der Waals surface area contributed by atoms with Crippen molar-refractivity contribution in [1.29, 1.82) is 0 Å². The van der Waals surface area contributed by atoms with E-state index in [1.165, 1.54) is 0 Å². The number of hydrogen-bond donors (Lipinski definition) is 2. The first-order chi connectivity index (χ1) is 21.4. The third-order valence-corrected chi connectivity index (χ3v) is 7.97. The van der Waals surface area contributed by atoms with Gasteiger partial charge in [-0.3, -0.25) is 9.59 Å². The quantitative estimate of drug-likeness (QED) is 0.228. The number of rotatable bonds is 8. The number of imidazole rings is 1. The second-order valence-electron chi connectivity index (χ2n) is 11.2. The molecule has 5 aromatic rings. The number of amides is 2. The molecule has 0 aliphatic carbocycles. The number of carbonyl (C=O) groups excluding carboxylic acids is 2. The van der Waals surface area contributed by atoms with Gasteiger partial charge in [0.2, 0.25) is 5.95 Å². The van der Waals surface area contributed by atoms with E-state index in [1.54, 1.807) is 24.3 Å². The van der Waals surface area contributed by atoms with Gasteiger partial charge in [-0.25, -0.2) is 4.98 Å². The minimum Gasteiger partial charge on any atom is -0.354 e. The second-order valence-corrected chi connectivity index (χ2v) is 11.2. The standard InChI is InChI=1S/C36H36N6O2/c1-40(2)24-22-37-36-39-33-30-15-9-10-16-31(30)42(23-21-32(33)41(36)3)35(44)26-17-19-27(20-18-26)38-34(43)29-14-8-7-13-28(29)25-11-5-4-6-12-25/h4-20H,21-24H2,1-3H3,(H,37,39)(H,38,43). The van der Waals surface area contributed by atoms with Crippen LogP contribution in [0, 0.1) is 0 Å². The zero-order valence-corrected chi connectivity index (χ0v) is 25.2. The fraction of sp³-hybridized carbons (Fsp3) is 0.194. The minimum atomic E-state index is -0.203. The van der Waals surface area contributed by atoms with Gasteiger partial charge in [0.15, 0.2) is 0 Å². The molecule has 2 amide bonds. The normalized spacial score (nSPS) is 12.3. The molecule has 222 valence electrons. The number of nitrogens with one attached hydrogen (secondary N) is 2. The van der Waals surface area contributed by atoms with Crippen LogP contribution in [0.5, 0.6) is 0 Å². The summed E-state index contributed by atoms with van der Waals surface area (Å²) in [7, 11) is 6.12. The molecule has 2 N–H and O–H groups in total. The fourth-order valence-corrected chi connectivity index (χ4v) is 5.64. The van der Waals surface area contributed by atoms with Gasteiger partial charge < -0.3 is 25.0 Å². The lowest BCUT2D eigenvalue weighted by Crippen LogP contribution is -2.32. The van der Waals surface area contributed by atoms with Gasteiger partial charge in [-0.05, 0) is 61.6 Å². The summed E-state index contributed by atoms with van der Waals surface area (Å²) in [6.45, 7) is 2.22. The predicted molar refractivity (Wildman–Crippen MR) is 177 cm³/mol. The van der Waals surface area contributed by atoms with E-state index >= 15 is 0 Å². The zero-order chi connectivity index (χ0) is 30.6. The lowest BCUT2D eigenvalue weighted by molar-refractivity contribution is 0.0986. The molecule has 6 rings (SSSR count). The molecule has 0 fully saturated rings. The van der Waals surface area contributed by atoms with Gasteiger partial charge in [0.25, 0.3) is 11.8 Å². The third kappa shape index (κ3) is 5.85. The maximum absolute atomic E-state index is 13.9. The maximum Gasteiger partial charge on any atom is 0.258 e. The van der Waals surface area contributed by atoms with Crippen LogP contribution in [0.25, 0.3) is 22.4 Å². The highest BCUT2D eigenvalue weighted by Gasteiger charge is 2.28. The van der Waals surface area contributed by atoms with Gasteiger partial charge in [-0.2, -0.15) is 0 Å². The van der Waals surface area contributed by atoms with Crippen molar-refractivity contribution in [2.45, 2.75) is 6.42 Å². The van der Waals surface area contributed by atoms with Crippen molar-refractivity contribution in [3.8, 4) is 22.4 Å². The Bertz CT molecular complexity index is 1790. The van der Waals surface area contributed by atoms with E-state index in [1.807, 2.05) is 105 Å². The summed E-state index contributed by atoms with van der Waals surface area (Å²) in [5.41, 5.74) is 7.37.